The Bertz CT molecular complexity index is 217. The molecule has 0 radical (unpaired) electrons. The molecule has 1 aromatic rings. The number of alkyl halides is 1. The highest BCUT2D eigenvalue weighted by Crippen LogP contribution is 2.00. The first-order chi connectivity index (χ1) is 4.74. The van der Waals surface area contributed by atoms with Crippen LogP contribution in [0.5, 0.6) is 0 Å². The Hall–Kier alpha value is -0.860. The first-order valence-electron chi connectivity index (χ1n) is 3.31. The van der Waals surface area contributed by atoms with Gasteiger partial charge in [0.05, 0.1) is 12.2 Å². The van der Waals surface area contributed by atoms with Crippen LogP contribution in [0, 0.1) is 13.8 Å². The van der Waals surface area contributed by atoms with Crippen LogP contribution in [-0.4, -0.2) is 16.5 Å². The summed E-state index contributed by atoms with van der Waals surface area (Å²) >= 11 is 0. The molecule has 0 aliphatic rings. The predicted molar refractivity (Wildman–Crippen MR) is 37.7 cm³/mol. The molecule has 2 nitrogen and oxygen atoms in total. The van der Waals surface area contributed by atoms with Gasteiger partial charge in [-0.05, 0) is 19.9 Å². The molecule has 0 spiro atoms. The Morgan fingerprint density at radius 1 is 1.60 bits per heavy atom. The van der Waals surface area contributed by atoms with E-state index >= 15 is 0 Å². The Morgan fingerprint density at radius 2 is 2.30 bits per heavy atom. The van der Waals surface area contributed by atoms with Crippen LogP contribution in [0.25, 0.3) is 0 Å². The molecule has 0 aliphatic carbocycles. The molecule has 0 aromatic carbocycles. The van der Waals surface area contributed by atoms with E-state index in [1.807, 2.05) is 19.9 Å². The summed E-state index contributed by atoms with van der Waals surface area (Å²) in [5, 5.41) is 4.08. The number of hydrogen-bond acceptors (Lipinski definition) is 1. The average Bonchev–Trinajstić information content (AvgIpc) is 2.13. The van der Waals surface area contributed by atoms with Crippen LogP contribution < -0.4 is 0 Å². The van der Waals surface area contributed by atoms with Crippen molar-refractivity contribution >= 4 is 0 Å². The lowest BCUT2D eigenvalue weighted by Crippen LogP contribution is -2.03. The maximum atomic E-state index is 11.8. The number of hydrogen-bond donors (Lipinski definition) is 0. The third-order valence-electron chi connectivity index (χ3n) is 1.40. The van der Waals surface area contributed by atoms with Crippen LogP contribution in [0.1, 0.15) is 11.4 Å². The molecule has 0 saturated carbocycles. The molecule has 0 fully saturated rings. The SMILES string of the molecule is Cc1cc(C)n(CCF)n1. The van der Waals surface area contributed by atoms with Gasteiger partial charge in [0, 0.05) is 5.69 Å². The Morgan fingerprint density at radius 3 is 2.70 bits per heavy atom. The summed E-state index contributed by atoms with van der Waals surface area (Å²) in [5.41, 5.74) is 1.97. The highest BCUT2D eigenvalue weighted by Gasteiger charge is 1.97. The van der Waals surface area contributed by atoms with Gasteiger partial charge >= 0.3 is 0 Å². The van der Waals surface area contributed by atoms with Gasteiger partial charge in [0.2, 0.25) is 0 Å². The van der Waals surface area contributed by atoms with Gasteiger partial charge < -0.3 is 0 Å². The molecule has 1 aromatic heterocycles. The second kappa shape index (κ2) is 2.82. The van der Waals surface area contributed by atoms with Gasteiger partial charge in [0.25, 0.3) is 0 Å². The summed E-state index contributed by atoms with van der Waals surface area (Å²) in [6.45, 7) is 3.86. The second-order valence-electron chi connectivity index (χ2n) is 2.34. The second-order valence-corrected chi connectivity index (χ2v) is 2.34. The van der Waals surface area contributed by atoms with Crippen molar-refractivity contribution in [3.05, 3.63) is 17.5 Å². The third-order valence-corrected chi connectivity index (χ3v) is 1.40. The van der Waals surface area contributed by atoms with Crippen LogP contribution in [0.4, 0.5) is 4.39 Å². The van der Waals surface area contributed by atoms with Crippen LogP contribution >= 0.6 is 0 Å². The summed E-state index contributed by atoms with van der Waals surface area (Å²) in [5.74, 6) is 0. The molecule has 1 rings (SSSR count). The normalized spacial score (nSPS) is 10.3. The quantitative estimate of drug-likeness (QED) is 0.611. The van der Waals surface area contributed by atoms with E-state index < -0.39 is 0 Å². The van der Waals surface area contributed by atoms with E-state index in [0.29, 0.717) is 6.54 Å². The van der Waals surface area contributed by atoms with E-state index in [4.69, 9.17) is 0 Å². The zero-order valence-corrected chi connectivity index (χ0v) is 6.26. The van der Waals surface area contributed by atoms with E-state index in [-0.39, 0.29) is 6.67 Å². The Balaban J connectivity index is 2.81. The summed E-state index contributed by atoms with van der Waals surface area (Å²) in [4.78, 5) is 0. The van der Waals surface area contributed by atoms with Gasteiger partial charge in [0.1, 0.15) is 6.67 Å². The van der Waals surface area contributed by atoms with Gasteiger partial charge in [0.15, 0.2) is 0 Å². The largest absolute Gasteiger partial charge is 0.267 e. The van der Waals surface area contributed by atoms with E-state index in [1.165, 1.54) is 0 Å². The average molecular weight is 142 g/mol. The van der Waals surface area contributed by atoms with E-state index in [9.17, 15) is 4.39 Å². The van der Waals surface area contributed by atoms with Gasteiger partial charge in [-0.2, -0.15) is 5.10 Å². The first kappa shape index (κ1) is 7.25. The molecule has 3 heteroatoms. The number of aromatic nitrogens is 2. The number of rotatable bonds is 2. The predicted octanol–water partition coefficient (Wildman–Crippen LogP) is 1.47. The maximum absolute atomic E-state index is 11.8. The lowest BCUT2D eigenvalue weighted by molar-refractivity contribution is 0.422. The van der Waals surface area contributed by atoms with Gasteiger partial charge in [-0.25, -0.2) is 4.39 Å². The van der Waals surface area contributed by atoms with Crippen LogP contribution in [0.15, 0.2) is 6.07 Å². The molecule has 0 atom stereocenters. The van der Waals surface area contributed by atoms with Crippen LogP contribution in [-0.2, 0) is 6.54 Å². The van der Waals surface area contributed by atoms with E-state index in [1.54, 1.807) is 4.68 Å². The van der Waals surface area contributed by atoms with Crippen molar-refractivity contribution in [2.24, 2.45) is 0 Å². The highest BCUT2D eigenvalue weighted by atomic mass is 19.1. The molecule has 0 saturated heterocycles. The smallest absolute Gasteiger partial charge is 0.109 e. The molecule has 10 heavy (non-hydrogen) atoms. The van der Waals surface area contributed by atoms with Crippen LogP contribution in [0.2, 0.25) is 0 Å². The minimum atomic E-state index is -0.345. The fourth-order valence-electron chi connectivity index (χ4n) is 0.981. The topological polar surface area (TPSA) is 17.8 Å². The van der Waals surface area contributed by atoms with Gasteiger partial charge in [-0.3, -0.25) is 4.68 Å². The molecular formula is C7H11FN2. The molecule has 0 N–H and O–H groups in total. The number of nitrogens with zero attached hydrogens (tertiary/aromatic N) is 2. The molecular weight excluding hydrogens is 131 g/mol. The van der Waals surface area contributed by atoms with Crippen molar-refractivity contribution in [3.63, 3.8) is 0 Å². The minimum absolute atomic E-state index is 0.345. The van der Waals surface area contributed by atoms with Crippen molar-refractivity contribution in [1.82, 2.24) is 9.78 Å². The summed E-state index contributed by atoms with van der Waals surface area (Å²) < 4.78 is 13.5. The zero-order valence-electron chi connectivity index (χ0n) is 6.26. The highest BCUT2D eigenvalue weighted by molar-refractivity contribution is 5.06. The van der Waals surface area contributed by atoms with E-state index in [2.05, 4.69) is 5.10 Å². The van der Waals surface area contributed by atoms with Crippen molar-refractivity contribution in [1.29, 1.82) is 0 Å². The van der Waals surface area contributed by atoms with Crippen molar-refractivity contribution in [2.45, 2.75) is 20.4 Å². The molecule has 0 amide bonds. The van der Waals surface area contributed by atoms with Crippen molar-refractivity contribution in [3.8, 4) is 0 Å². The first-order valence-corrected chi connectivity index (χ1v) is 3.31. The third kappa shape index (κ3) is 1.35. The maximum Gasteiger partial charge on any atom is 0.109 e. The summed E-state index contributed by atoms with van der Waals surface area (Å²) in [6.07, 6.45) is 0. The molecule has 56 valence electrons. The van der Waals surface area contributed by atoms with Crippen molar-refractivity contribution < 1.29 is 4.39 Å². The Kier molecular flexibility index (Phi) is 2.04. The minimum Gasteiger partial charge on any atom is -0.267 e. The molecule has 0 aliphatic heterocycles. The monoisotopic (exact) mass is 142 g/mol. The van der Waals surface area contributed by atoms with E-state index in [0.717, 1.165) is 11.4 Å². The Labute approximate surface area is 59.7 Å². The van der Waals surface area contributed by atoms with Gasteiger partial charge in [-0.15, -0.1) is 0 Å². The lowest BCUT2D eigenvalue weighted by Gasteiger charge is -1.97. The van der Waals surface area contributed by atoms with Gasteiger partial charge in [-0.1, -0.05) is 0 Å². The molecule has 0 bridgehead atoms. The zero-order chi connectivity index (χ0) is 7.56. The fraction of sp³-hybridized carbons (Fsp3) is 0.571. The standard InChI is InChI=1S/C7H11FN2/c1-6-5-7(2)10(9-6)4-3-8/h5H,3-4H2,1-2H3. The summed E-state index contributed by atoms with van der Waals surface area (Å²) in [6, 6.07) is 1.94. The molecule has 0 unspecified atom stereocenters. The number of aryl methyl sites for hydroxylation is 3. The fourth-order valence-corrected chi connectivity index (χ4v) is 0.981. The lowest BCUT2D eigenvalue weighted by atomic mass is 10.4. The summed E-state index contributed by atoms with van der Waals surface area (Å²) in [7, 11) is 0. The number of halogens is 1. The van der Waals surface area contributed by atoms with Crippen LogP contribution in [0.3, 0.4) is 0 Å². The van der Waals surface area contributed by atoms with Crippen molar-refractivity contribution in [2.75, 3.05) is 6.67 Å². The molecule has 1 heterocycles.